The average Bonchev–Trinajstić information content (AvgIpc) is 2.47. The maximum Gasteiger partial charge on any atom is 0.255 e. The maximum atomic E-state index is 13.0. The normalized spacial score (nSPS) is 9.95. The van der Waals surface area contributed by atoms with E-state index < -0.39 is 5.82 Å². The van der Waals surface area contributed by atoms with E-state index in [-0.39, 0.29) is 17.2 Å². The van der Waals surface area contributed by atoms with E-state index in [1.165, 1.54) is 17.0 Å². The minimum absolute atomic E-state index is 0.117. The van der Waals surface area contributed by atoms with E-state index in [9.17, 15) is 9.18 Å². The fourth-order valence-corrected chi connectivity index (χ4v) is 1.96. The summed E-state index contributed by atoms with van der Waals surface area (Å²) in [5.41, 5.74) is 7.52. The van der Waals surface area contributed by atoms with Gasteiger partial charge in [-0.3, -0.25) is 4.79 Å². The van der Waals surface area contributed by atoms with Crippen LogP contribution < -0.4 is 5.73 Å². The molecule has 0 aliphatic rings. The fourth-order valence-electron chi connectivity index (χ4n) is 1.96. The first-order chi connectivity index (χ1) is 10.0. The molecule has 0 aromatic heterocycles. The van der Waals surface area contributed by atoms with Crippen molar-refractivity contribution in [2.75, 3.05) is 12.8 Å². The smallest absolute Gasteiger partial charge is 0.255 e. The third-order valence-corrected chi connectivity index (χ3v) is 3.09. The Bertz CT molecular complexity index is 704. The van der Waals surface area contributed by atoms with Gasteiger partial charge in [-0.25, -0.2) is 4.39 Å². The number of anilines is 1. The summed E-state index contributed by atoms with van der Waals surface area (Å²) in [5, 5.41) is 8.74. The van der Waals surface area contributed by atoms with Crippen LogP contribution in [0.3, 0.4) is 0 Å². The Morgan fingerprint density at radius 2 is 1.95 bits per heavy atom. The number of halogens is 1. The third kappa shape index (κ3) is 3.37. The molecule has 2 aromatic carbocycles. The molecule has 2 N–H and O–H groups in total. The lowest BCUT2D eigenvalue weighted by Gasteiger charge is -2.18. The predicted octanol–water partition coefficient (Wildman–Crippen LogP) is 2.55. The molecule has 0 fully saturated rings. The summed E-state index contributed by atoms with van der Waals surface area (Å²) in [6.45, 7) is 0.376. The van der Waals surface area contributed by atoms with Crippen molar-refractivity contribution >= 4 is 11.6 Å². The summed E-state index contributed by atoms with van der Waals surface area (Å²) in [6, 6.07) is 12.7. The number of amides is 1. The van der Waals surface area contributed by atoms with Gasteiger partial charge in [-0.05, 0) is 35.9 Å². The van der Waals surface area contributed by atoms with Gasteiger partial charge in [0.15, 0.2) is 0 Å². The largest absolute Gasteiger partial charge is 0.398 e. The molecular weight excluding hydrogens is 269 g/mol. The molecule has 0 spiro atoms. The van der Waals surface area contributed by atoms with E-state index >= 15 is 0 Å². The lowest BCUT2D eigenvalue weighted by molar-refractivity contribution is 0.0786. The highest BCUT2D eigenvalue weighted by molar-refractivity contribution is 5.98. The van der Waals surface area contributed by atoms with Crippen molar-refractivity contribution in [3.05, 3.63) is 65.0 Å². The van der Waals surface area contributed by atoms with E-state index in [0.29, 0.717) is 12.1 Å². The van der Waals surface area contributed by atoms with Crippen LogP contribution in [0.15, 0.2) is 42.5 Å². The minimum atomic E-state index is -0.473. The summed E-state index contributed by atoms with van der Waals surface area (Å²) in [5.74, 6) is -0.754. The molecule has 106 valence electrons. The molecule has 0 saturated carbocycles. The van der Waals surface area contributed by atoms with Gasteiger partial charge in [-0.1, -0.05) is 12.1 Å². The molecule has 0 unspecified atom stereocenters. The number of hydrogen-bond acceptors (Lipinski definition) is 3. The summed E-state index contributed by atoms with van der Waals surface area (Å²) in [6.07, 6.45) is 0. The fraction of sp³-hybridized carbons (Fsp3) is 0.125. The van der Waals surface area contributed by atoms with Crippen molar-refractivity contribution in [3.63, 3.8) is 0 Å². The van der Waals surface area contributed by atoms with Crippen LogP contribution in [0.5, 0.6) is 0 Å². The zero-order valence-electron chi connectivity index (χ0n) is 11.5. The van der Waals surface area contributed by atoms with Gasteiger partial charge in [0.25, 0.3) is 5.91 Å². The van der Waals surface area contributed by atoms with Gasteiger partial charge in [0, 0.05) is 19.3 Å². The number of nitrogen functional groups attached to an aromatic ring is 1. The molecule has 0 atom stereocenters. The lowest BCUT2D eigenvalue weighted by atomic mass is 10.1. The Labute approximate surface area is 122 Å². The summed E-state index contributed by atoms with van der Waals surface area (Å²) in [7, 11) is 1.64. The molecule has 0 saturated heterocycles. The van der Waals surface area contributed by atoms with Crippen LogP contribution in [0, 0.1) is 17.1 Å². The molecule has 5 heteroatoms. The number of carbonyl (C=O) groups is 1. The van der Waals surface area contributed by atoms with E-state index in [0.717, 1.165) is 11.6 Å². The highest BCUT2D eigenvalue weighted by atomic mass is 19.1. The number of carbonyl (C=O) groups excluding carboxylic acids is 1. The van der Waals surface area contributed by atoms with Crippen LogP contribution >= 0.6 is 0 Å². The van der Waals surface area contributed by atoms with E-state index in [4.69, 9.17) is 11.0 Å². The Morgan fingerprint density at radius 1 is 1.29 bits per heavy atom. The molecule has 0 aliphatic carbocycles. The van der Waals surface area contributed by atoms with Crippen molar-refractivity contribution in [3.8, 4) is 6.07 Å². The highest BCUT2D eigenvalue weighted by Gasteiger charge is 2.15. The first kappa shape index (κ1) is 14.5. The van der Waals surface area contributed by atoms with Gasteiger partial charge in [-0.15, -0.1) is 0 Å². The summed E-state index contributed by atoms with van der Waals surface area (Å²) in [4.78, 5) is 13.8. The molecule has 2 rings (SSSR count). The second-order valence-corrected chi connectivity index (χ2v) is 4.70. The number of nitrogens with zero attached hydrogens (tertiary/aromatic N) is 2. The Balaban J connectivity index is 2.13. The number of benzene rings is 2. The van der Waals surface area contributed by atoms with Crippen molar-refractivity contribution in [1.82, 2.24) is 4.90 Å². The molecule has 0 aliphatic heterocycles. The zero-order valence-corrected chi connectivity index (χ0v) is 11.5. The van der Waals surface area contributed by atoms with Crippen LogP contribution in [-0.4, -0.2) is 17.9 Å². The van der Waals surface area contributed by atoms with Crippen LogP contribution in [-0.2, 0) is 6.54 Å². The molecule has 4 nitrogen and oxygen atoms in total. The molecule has 0 radical (unpaired) electrons. The second-order valence-electron chi connectivity index (χ2n) is 4.70. The predicted molar refractivity (Wildman–Crippen MR) is 77.8 cm³/mol. The molecule has 0 heterocycles. The van der Waals surface area contributed by atoms with E-state index in [1.54, 1.807) is 31.3 Å². The van der Waals surface area contributed by atoms with Gasteiger partial charge < -0.3 is 10.6 Å². The van der Waals surface area contributed by atoms with Crippen LogP contribution in [0.1, 0.15) is 21.5 Å². The number of nitrogens with two attached hydrogens (primary N) is 1. The van der Waals surface area contributed by atoms with Gasteiger partial charge >= 0.3 is 0 Å². The van der Waals surface area contributed by atoms with E-state index in [2.05, 4.69) is 0 Å². The Kier molecular flexibility index (Phi) is 4.19. The first-order valence-electron chi connectivity index (χ1n) is 6.31. The number of rotatable bonds is 3. The third-order valence-electron chi connectivity index (χ3n) is 3.09. The summed E-state index contributed by atoms with van der Waals surface area (Å²) >= 11 is 0. The topological polar surface area (TPSA) is 70.1 Å². The number of nitriles is 1. The monoisotopic (exact) mass is 283 g/mol. The Morgan fingerprint density at radius 3 is 2.52 bits per heavy atom. The molecule has 0 bridgehead atoms. The second kappa shape index (κ2) is 6.06. The SMILES string of the molecule is CN(Cc1ccc(C#N)cc1)C(=O)c1ccc(F)cc1N. The standard InChI is InChI=1S/C16H14FN3O/c1-20(10-12-4-2-11(9-18)3-5-12)16(21)14-7-6-13(17)8-15(14)19/h2-8H,10,19H2,1H3. The average molecular weight is 283 g/mol. The maximum absolute atomic E-state index is 13.0. The first-order valence-corrected chi connectivity index (χ1v) is 6.31. The van der Waals surface area contributed by atoms with Gasteiger partial charge in [0.05, 0.1) is 17.2 Å². The van der Waals surface area contributed by atoms with Crippen LogP contribution in [0.25, 0.3) is 0 Å². The van der Waals surface area contributed by atoms with Gasteiger partial charge in [0.2, 0.25) is 0 Å². The van der Waals surface area contributed by atoms with Gasteiger partial charge in [-0.2, -0.15) is 5.26 Å². The lowest BCUT2D eigenvalue weighted by Crippen LogP contribution is -2.27. The van der Waals surface area contributed by atoms with Crippen molar-refractivity contribution < 1.29 is 9.18 Å². The van der Waals surface area contributed by atoms with Crippen molar-refractivity contribution in [2.45, 2.75) is 6.54 Å². The Hall–Kier alpha value is -2.87. The molecule has 2 aromatic rings. The summed E-state index contributed by atoms with van der Waals surface area (Å²) < 4.78 is 13.0. The quantitative estimate of drug-likeness (QED) is 0.880. The van der Waals surface area contributed by atoms with E-state index in [1.807, 2.05) is 6.07 Å². The molecular formula is C16H14FN3O. The minimum Gasteiger partial charge on any atom is -0.398 e. The zero-order chi connectivity index (χ0) is 15.4. The number of hydrogen-bond donors (Lipinski definition) is 1. The highest BCUT2D eigenvalue weighted by Crippen LogP contribution is 2.16. The molecule has 21 heavy (non-hydrogen) atoms. The van der Waals surface area contributed by atoms with Gasteiger partial charge in [0.1, 0.15) is 5.82 Å². The van der Waals surface area contributed by atoms with Crippen molar-refractivity contribution in [2.24, 2.45) is 0 Å². The molecule has 1 amide bonds. The van der Waals surface area contributed by atoms with Crippen LogP contribution in [0.2, 0.25) is 0 Å². The van der Waals surface area contributed by atoms with Crippen molar-refractivity contribution in [1.29, 1.82) is 5.26 Å². The van der Waals surface area contributed by atoms with Crippen LogP contribution in [0.4, 0.5) is 10.1 Å².